The molecule has 150 valence electrons. The topological polar surface area (TPSA) is 52.3 Å². The molecular weight excluding hydrogens is 376 g/mol. The molecule has 0 aliphatic rings. The number of aromatic nitrogens is 3. The fraction of sp³-hybridized carbons (Fsp3) is 0.429. The van der Waals surface area contributed by atoms with Crippen LogP contribution in [0.2, 0.25) is 5.28 Å². The summed E-state index contributed by atoms with van der Waals surface area (Å²) in [6, 6.07) is 9.98. The van der Waals surface area contributed by atoms with Crippen molar-refractivity contribution in [3.63, 3.8) is 0 Å². The molecule has 1 amide bonds. The Kier molecular flexibility index (Phi) is 6.42. The Hall–Kier alpha value is -2.31. The number of methoxy groups -OCH3 is 1. The van der Waals surface area contributed by atoms with Crippen LogP contribution in [-0.2, 0) is 17.8 Å². The second kappa shape index (κ2) is 8.80. The number of imidazole rings is 1. The highest BCUT2D eigenvalue weighted by atomic mass is 35.5. The lowest BCUT2D eigenvalue weighted by Gasteiger charge is -2.24. The molecule has 0 unspecified atom stereocenters. The van der Waals surface area contributed by atoms with Gasteiger partial charge in [-0.1, -0.05) is 0 Å². The van der Waals surface area contributed by atoms with Crippen molar-refractivity contribution < 1.29 is 9.53 Å². The standard InChI is InChI=1S/C21H27ClN4O2/c1-5-25-19-9-8-16(13-18(19)23-21(25)22)20(27)24(11-12-28-4)14-17-7-6-10-26(17)15(2)3/h6-10,13,15H,5,11-12,14H2,1-4H3. The number of nitrogens with zero attached hydrogens (tertiary/aromatic N) is 4. The first-order chi connectivity index (χ1) is 13.5. The van der Waals surface area contributed by atoms with Crippen LogP contribution in [0.4, 0.5) is 0 Å². The van der Waals surface area contributed by atoms with Crippen LogP contribution in [0.15, 0.2) is 36.5 Å². The number of benzene rings is 1. The van der Waals surface area contributed by atoms with Gasteiger partial charge in [-0.2, -0.15) is 0 Å². The summed E-state index contributed by atoms with van der Waals surface area (Å²) in [5.41, 5.74) is 3.36. The molecule has 3 rings (SSSR count). The quantitative estimate of drug-likeness (QED) is 0.561. The third-order valence-electron chi connectivity index (χ3n) is 4.89. The number of carbonyl (C=O) groups is 1. The third-order valence-corrected chi connectivity index (χ3v) is 5.18. The number of halogens is 1. The zero-order valence-corrected chi connectivity index (χ0v) is 17.6. The lowest BCUT2D eigenvalue weighted by molar-refractivity contribution is 0.0675. The Morgan fingerprint density at radius 2 is 2.11 bits per heavy atom. The smallest absolute Gasteiger partial charge is 0.254 e. The molecule has 6 nitrogen and oxygen atoms in total. The van der Waals surface area contributed by atoms with E-state index >= 15 is 0 Å². The van der Waals surface area contributed by atoms with E-state index in [0.29, 0.717) is 36.6 Å². The molecule has 2 aromatic heterocycles. The third kappa shape index (κ3) is 4.08. The predicted octanol–water partition coefficient (Wildman–Crippen LogP) is 4.38. The maximum Gasteiger partial charge on any atom is 0.254 e. The zero-order valence-electron chi connectivity index (χ0n) is 16.9. The Balaban J connectivity index is 1.90. The van der Waals surface area contributed by atoms with Crippen LogP contribution in [-0.4, -0.2) is 45.2 Å². The summed E-state index contributed by atoms with van der Waals surface area (Å²) in [4.78, 5) is 19.5. The average Bonchev–Trinajstić information content (AvgIpc) is 3.26. The molecule has 0 aliphatic carbocycles. The van der Waals surface area contributed by atoms with E-state index in [1.807, 2.05) is 46.9 Å². The van der Waals surface area contributed by atoms with Crippen molar-refractivity contribution in [3.05, 3.63) is 53.1 Å². The van der Waals surface area contributed by atoms with Crippen LogP contribution < -0.4 is 0 Å². The van der Waals surface area contributed by atoms with Crippen molar-refractivity contribution in [3.8, 4) is 0 Å². The van der Waals surface area contributed by atoms with Gasteiger partial charge in [-0.3, -0.25) is 4.79 Å². The van der Waals surface area contributed by atoms with Gasteiger partial charge in [0.1, 0.15) is 0 Å². The summed E-state index contributed by atoms with van der Waals surface area (Å²) < 4.78 is 9.32. The van der Waals surface area contributed by atoms with E-state index in [1.54, 1.807) is 7.11 Å². The first-order valence-corrected chi connectivity index (χ1v) is 9.93. The number of fused-ring (bicyclic) bond motifs is 1. The minimum absolute atomic E-state index is 0.0439. The van der Waals surface area contributed by atoms with Gasteiger partial charge >= 0.3 is 0 Å². The van der Waals surface area contributed by atoms with Crippen LogP contribution in [0.3, 0.4) is 0 Å². The van der Waals surface area contributed by atoms with Gasteiger partial charge in [0.25, 0.3) is 5.91 Å². The molecule has 0 spiro atoms. The Morgan fingerprint density at radius 1 is 1.32 bits per heavy atom. The molecule has 0 aliphatic heterocycles. The van der Waals surface area contributed by atoms with Crippen molar-refractivity contribution in [1.29, 1.82) is 0 Å². The molecule has 0 bridgehead atoms. The minimum atomic E-state index is -0.0439. The molecule has 0 radical (unpaired) electrons. The maximum atomic E-state index is 13.3. The molecule has 0 atom stereocenters. The van der Waals surface area contributed by atoms with E-state index in [0.717, 1.165) is 23.3 Å². The zero-order chi connectivity index (χ0) is 20.3. The molecule has 3 aromatic rings. The van der Waals surface area contributed by atoms with Crippen molar-refractivity contribution in [2.45, 2.75) is 39.9 Å². The number of amides is 1. The van der Waals surface area contributed by atoms with E-state index in [9.17, 15) is 4.79 Å². The van der Waals surface area contributed by atoms with E-state index in [2.05, 4.69) is 29.5 Å². The second-order valence-corrected chi connectivity index (χ2v) is 7.39. The lowest BCUT2D eigenvalue weighted by atomic mass is 10.1. The van der Waals surface area contributed by atoms with Crippen molar-refractivity contribution in [2.24, 2.45) is 0 Å². The molecule has 0 fully saturated rings. The number of rotatable bonds is 8. The van der Waals surface area contributed by atoms with E-state index in [4.69, 9.17) is 16.3 Å². The Morgan fingerprint density at radius 3 is 2.79 bits per heavy atom. The van der Waals surface area contributed by atoms with E-state index in [-0.39, 0.29) is 5.91 Å². The SMILES string of the molecule is CCn1c(Cl)nc2cc(C(=O)N(CCOC)Cc3cccn3C(C)C)ccc21. The maximum absolute atomic E-state index is 13.3. The predicted molar refractivity (Wildman–Crippen MR) is 112 cm³/mol. The van der Waals surface area contributed by atoms with Crippen LogP contribution in [0, 0.1) is 0 Å². The number of ether oxygens (including phenoxy) is 1. The van der Waals surface area contributed by atoms with Gasteiger partial charge in [0.2, 0.25) is 5.28 Å². The van der Waals surface area contributed by atoms with E-state index < -0.39 is 0 Å². The van der Waals surface area contributed by atoms with Crippen LogP contribution in [0.5, 0.6) is 0 Å². The summed E-state index contributed by atoms with van der Waals surface area (Å²) in [7, 11) is 1.64. The van der Waals surface area contributed by atoms with Gasteiger partial charge in [-0.15, -0.1) is 0 Å². The summed E-state index contributed by atoms with van der Waals surface area (Å²) >= 11 is 6.21. The largest absolute Gasteiger partial charge is 0.383 e. The summed E-state index contributed by atoms with van der Waals surface area (Å²) in [6.07, 6.45) is 2.05. The number of aryl methyl sites for hydroxylation is 1. The lowest BCUT2D eigenvalue weighted by Crippen LogP contribution is -2.34. The van der Waals surface area contributed by atoms with Gasteiger partial charge in [0.05, 0.1) is 24.2 Å². The summed E-state index contributed by atoms with van der Waals surface area (Å²) in [5.74, 6) is -0.0439. The van der Waals surface area contributed by atoms with Gasteiger partial charge < -0.3 is 18.8 Å². The molecule has 0 saturated carbocycles. The van der Waals surface area contributed by atoms with Gasteiger partial charge in [0, 0.05) is 43.7 Å². The fourth-order valence-corrected chi connectivity index (χ4v) is 3.73. The normalized spacial score (nSPS) is 11.5. The Bertz CT molecular complexity index is 961. The van der Waals surface area contributed by atoms with Gasteiger partial charge in [0.15, 0.2) is 0 Å². The highest BCUT2D eigenvalue weighted by Gasteiger charge is 2.19. The van der Waals surface area contributed by atoms with Crippen molar-refractivity contribution in [1.82, 2.24) is 19.0 Å². The average molecular weight is 403 g/mol. The molecule has 7 heteroatoms. The highest BCUT2D eigenvalue weighted by Crippen LogP contribution is 2.22. The molecule has 1 aromatic carbocycles. The first-order valence-electron chi connectivity index (χ1n) is 9.56. The second-order valence-electron chi connectivity index (χ2n) is 7.05. The molecule has 28 heavy (non-hydrogen) atoms. The van der Waals surface area contributed by atoms with Gasteiger partial charge in [-0.05, 0) is 62.7 Å². The molecule has 0 N–H and O–H groups in total. The molecular formula is C21H27ClN4O2. The Labute approximate surface area is 170 Å². The first kappa shape index (κ1) is 20.4. The number of hydrogen-bond acceptors (Lipinski definition) is 3. The van der Waals surface area contributed by atoms with E-state index in [1.165, 1.54) is 0 Å². The van der Waals surface area contributed by atoms with Gasteiger partial charge in [-0.25, -0.2) is 4.98 Å². The number of hydrogen-bond donors (Lipinski definition) is 0. The minimum Gasteiger partial charge on any atom is -0.383 e. The number of carbonyl (C=O) groups excluding carboxylic acids is 1. The monoisotopic (exact) mass is 402 g/mol. The summed E-state index contributed by atoms with van der Waals surface area (Å²) in [6.45, 7) is 8.53. The van der Waals surface area contributed by atoms with Crippen molar-refractivity contribution >= 4 is 28.5 Å². The van der Waals surface area contributed by atoms with Crippen LogP contribution in [0.1, 0.15) is 42.9 Å². The highest BCUT2D eigenvalue weighted by molar-refractivity contribution is 6.29. The van der Waals surface area contributed by atoms with Crippen LogP contribution >= 0.6 is 11.6 Å². The fourth-order valence-electron chi connectivity index (χ4n) is 3.43. The van der Waals surface area contributed by atoms with Crippen LogP contribution in [0.25, 0.3) is 11.0 Å². The summed E-state index contributed by atoms with van der Waals surface area (Å²) in [5, 5.41) is 0.438. The van der Waals surface area contributed by atoms with Crippen molar-refractivity contribution in [2.75, 3.05) is 20.3 Å². The molecule has 2 heterocycles. The molecule has 0 saturated heterocycles.